The van der Waals surface area contributed by atoms with E-state index in [1.54, 1.807) is 6.07 Å². The van der Waals surface area contributed by atoms with Crippen molar-refractivity contribution in [3.05, 3.63) is 35.7 Å². The number of nitrogens with one attached hydrogen (secondary N) is 1. The van der Waals surface area contributed by atoms with Crippen LogP contribution in [0.1, 0.15) is 30.2 Å². The third kappa shape index (κ3) is 3.11. The molecule has 10 heteroatoms. The number of ether oxygens (including phenoxy) is 1. The monoisotopic (exact) mass is 361 g/mol. The fourth-order valence-electron chi connectivity index (χ4n) is 2.55. The van der Waals surface area contributed by atoms with E-state index in [9.17, 15) is 13.2 Å². The average molecular weight is 361 g/mol. The lowest BCUT2D eigenvalue weighted by Crippen LogP contribution is -2.17. The lowest BCUT2D eigenvalue weighted by atomic mass is 10.2. The van der Waals surface area contributed by atoms with Crippen molar-refractivity contribution in [3.63, 3.8) is 0 Å². The second kappa shape index (κ2) is 5.87. The summed E-state index contributed by atoms with van der Waals surface area (Å²) in [4.78, 5) is 4.35. The number of rotatable bonds is 4. The quantitative estimate of drug-likeness (QED) is 0.759. The SMILES string of the molecule is N#Cc1n[nH]nc1-c1nc(-c2cccc(OC(F)(F)F)c2)oc1C1CC1. The standard InChI is InChI=1S/C16H10F3N5O2/c17-16(18,19)26-10-3-1-2-9(6-10)15-21-13(14(25-15)8-4-5-8)12-11(7-20)22-24-23-12/h1-3,6,8H,4-5H2,(H,22,23,24). The van der Waals surface area contributed by atoms with Crippen molar-refractivity contribution in [3.8, 4) is 34.7 Å². The summed E-state index contributed by atoms with van der Waals surface area (Å²) in [7, 11) is 0. The summed E-state index contributed by atoms with van der Waals surface area (Å²) in [5, 5.41) is 19.2. The Balaban J connectivity index is 1.76. The highest BCUT2D eigenvalue weighted by molar-refractivity contribution is 5.67. The highest BCUT2D eigenvalue weighted by Crippen LogP contribution is 2.46. The Labute approximate surface area is 144 Å². The van der Waals surface area contributed by atoms with Crippen LogP contribution in [0.25, 0.3) is 22.8 Å². The van der Waals surface area contributed by atoms with Crippen LogP contribution < -0.4 is 4.74 Å². The van der Waals surface area contributed by atoms with Crippen molar-refractivity contribution in [2.24, 2.45) is 0 Å². The minimum absolute atomic E-state index is 0.0703. The number of H-pyrrole nitrogens is 1. The van der Waals surface area contributed by atoms with Gasteiger partial charge in [-0.25, -0.2) is 4.98 Å². The van der Waals surface area contributed by atoms with E-state index in [0.29, 0.717) is 17.0 Å². The molecule has 26 heavy (non-hydrogen) atoms. The first-order valence-corrected chi connectivity index (χ1v) is 7.63. The smallest absolute Gasteiger partial charge is 0.440 e. The van der Waals surface area contributed by atoms with Gasteiger partial charge in [-0.15, -0.1) is 18.3 Å². The predicted molar refractivity (Wildman–Crippen MR) is 80.7 cm³/mol. The first kappa shape index (κ1) is 16.1. The van der Waals surface area contributed by atoms with E-state index in [1.165, 1.54) is 18.2 Å². The molecular weight excluding hydrogens is 351 g/mol. The van der Waals surface area contributed by atoms with Gasteiger partial charge in [0.25, 0.3) is 0 Å². The molecule has 0 radical (unpaired) electrons. The molecule has 1 N–H and O–H groups in total. The number of benzene rings is 1. The Kier molecular flexibility index (Phi) is 3.64. The fourth-order valence-corrected chi connectivity index (χ4v) is 2.55. The molecule has 0 amide bonds. The Morgan fingerprint density at radius 2 is 2.04 bits per heavy atom. The number of aromatic amines is 1. The second-order valence-corrected chi connectivity index (χ2v) is 5.71. The first-order valence-electron chi connectivity index (χ1n) is 7.63. The molecule has 2 heterocycles. The van der Waals surface area contributed by atoms with Crippen molar-refractivity contribution in [2.45, 2.75) is 25.1 Å². The summed E-state index contributed by atoms with van der Waals surface area (Å²) in [6, 6.07) is 7.26. The summed E-state index contributed by atoms with van der Waals surface area (Å²) >= 11 is 0. The van der Waals surface area contributed by atoms with E-state index < -0.39 is 6.36 Å². The number of nitriles is 1. The summed E-state index contributed by atoms with van der Waals surface area (Å²) in [6.07, 6.45) is -2.99. The Hall–Kier alpha value is -3.35. The lowest BCUT2D eigenvalue weighted by Gasteiger charge is -2.08. The van der Waals surface area contributed by atoms with Crippen LogP contribution in [0, 0.1) is 11.3 Å². The molecule has 0 atom stereocenters. The van der Waals surface area contributed by atoms with E-state index >= 15 is 0 Å². The lowest BCUT2D eigenvalue weighted by molar-refractivity contribution is -0.274. The molecule has 0 aliphatic heterocycles. The van der Waals surface area contributed by atoms with Crippen LogP contribution in [-0.2, 0) is 0 Å². The molecule has 0 saturated heterocycles. The molecule has 7 nitrogen and oxygen atoms in total. The molecule has 0 bridgehead atoms. The van der Waals surface area contributed by atoms with Gasteiger partial charge in [0.2, 0.25) is 5.89 Å². The largest absolute Gasteiger partial charge is 0.573 e. The maximum Gasteiger partial charge on any atom is 0.573 e. The van der Waals surface area contributed by atoms with Crippen molar-refractivity contribution in [1.82, 2.24) is 20.4 Å². The zero-order valence-electron chi connectivity index (χ0n) is 13.0. The number of alkyl halides is 3. The fraction of sp³-hybridized carbons (Fsp3) is 0.250. The minimum Gasteiger partial charge on any atom is -0.440 e. The van der Waals surface area contributed by atoms with E-state index in [2.05, 4.69) is 25.1 Å². The number of hydrogen-bond donors (Lipinski definition) is 1. The molecule has 0 spiro atoms. The van der Waals surface area contributed by atoms with E-state index in [0.717, 1.165) is 12.8 Å². The van der Waals surface area contributed by atoms with Gasteiger partial charge in [0, 0.05) is 11.5 Å². The number of hydrogen-bond acceptors (Lipinski definition) is 6. The van der Waals surface area contributed by atoms with Gasteiger partial charge in [0.05, 0.1) is 0 Å². The Morgan fingerprint density at radius 1 is 1.23 bits per heavy atom. The molecule has 3 aromatic rings. The average Bonchev–Trinajstić information content (AvgIpc) is 3.16. The van der Waals surface area contributed by atoms with Crippen LogP contribution >= 0.6 is 0 Å². The third-order valence-corrected chi connectivity index (χ3v) is 3.79. The number of halogens is 3. The highest BCUT2D eigenvalue weighted by Gasteiger charge is 2.34. The van der Waals surface area contributed by atoms with Gasteiger partial charge < -0.3 is 9.15 Å². The maximum atomic E-state index is 12.4. The van der Waals surface area contributed by atoms with Crippen LogP contribution in [0.5, 0.6) is 5.75 Å². The molecule has 1 saturated carbocycles. The normalized spacial score (nSPS) is 14.2. The number of aromatic nitrogens is 4. The summed E-state index contributed by atoms with van der Waals surface area (Å²) < 4.78 is 47.0. The van der Waals surface area contributed by atoms with Crippen molar-refractivity contribution in [2.75, 3.05) is 0 Å². The zero-order chi connectivity index (χ0) is 18.3. The van der Waals surface area contributed by atoms with Crippen LogP contribution in [0.4, 0.5) is 13.2 Å². The van der Waals surface area contributed by atoms with E-state index in [-0.39, 0.29) is 28.9 Å². The maximum absolute atomic E-state index is 12.4. The minimum atomic E-state index is -4.79. The van der Waals surface area contributed by atoms with Gasteiger partial charge in [-0.3, -0.25) is 0 Å². The Morgan fingerprint density at radius 3 is 2.73 bits per heavy atom. The van der Waals surface area contributed by atoms with Crippen LogP contribution in [0.15, 0.2) is 28.7 Å². The van der Waals surface area contributed by atoms with E-state index in [4.69, 9.17) is 9.68 Å². The molecule has 132 valence electrons. The molecule has 1 aliphatic carbocycles. The van der Waals surface area contributed by atoms with Gasteiger partial charge in [-0.1, -0.05) is 6.07 Å². The molecule has 0 unspecified atom stereocenters. The number of oxazole rings is 1. The van der Waals surface area contributed by atoms with Gasteiger partial charge in [-0.2, -0.15) is 15.6 Å². The summed E-state index contributed by atoms with van der Waals surface area (Å²) in [6.45, 7) is 0. The molecule has 2 aromatic heterocycles. The van der Waals surface area contributed by atoms with Gasteiger partial charge in [0.1, 0.15) is 23.3 Å². The highest BCUT2D eigenvalue weighted by atomic mass is 19.4. The van der Waals surface area contributed by atoms with Crippen molar-refractivity contribution in [1.29, 1.82) is 5.26 Å². The Bertz CT molecular complexity index is 998. The summed E-state index contributed by atoms with van der Waals surface area (Å²) in [5.41, 5.74) is 1.02. The van der Waals surface area contributed by atoms with Crippen molar-refractivity contribution < 1.29 is 22.3 Å². The molecular formula is C16H10F3N5O2. The van der Waals surface area contributed by atoms with Gasteiger partial charge in [0.15, 0.2) is 11.4 Å². The molecule has 1 fully saturated rings. The van der Waals surface area contributed by atoms with E-state index in [1.807, 2.05) is 6.07 Å². The third-order valence-electron chi connectivity index (χ3n) is 3.79. The van der Waals surface area contributed by atoms with Crippen LogP contribution in [-0.4, -0.2) is 26.8 Å². The van der Waals surface area contributed by atoms with Crippen molar-refractivity contribution >= 4 is 0 Å². The number of nitrogens with zero attached hydrogens (tertiary/aromatic N) is 4. The van der Waals surface area contributed by atoms with Gasteiger partial charge >= 0.3 is 6.36 Å². The summed E-state index contributed by atoms with van der Waals surface area (Å²) in [5.74, 6) is 0.444. The van der Waals surface area contributed by atoms with Gasteiger partial charge in [-0.05, 0) is 31.0 Å². The molecule has 1 aromatic carbocycles. The first-order chi connectivity index (χ1) is 12.4. The van der Waals surface area contributed by atoms with Crippen LogP contribution in [0.2, 0.25) is 0 Å². The predicted octanol–water partition coefficient (Wildman–Crippen LogP) is 3.77. The zero-order valence-corrected chi connectivity index (χ0v) is 13.0. The topological polar surface area (TPSA) is 101 Å². The van der Waals surface area contributed by atoms with Crippen LogP contribution in [0.3, 0.4) is 0 Å². The second-order valence-electron chi connectivity index (χ2n) is 5.71. The molecule has 4 rings (SSSR count). The molecule has 1 aliphatic rings.